The van der Waals surface area contributed by atoms with E-state index in [0.717, 1.165) is 12.1 Å². The summed E-state index contributed by atoms with van der Waals surface area (Å²) in [5.41, 5.74) is 3.25. The second-order valence-corrected chi connectivity index (χ2v) is 6.74. The van der Waals surface area contributed by atoms with E-state index in [-0.39, 0.29) is 11.6 Å². The second-order valence-electron chi connectivity index (χ2n) is 6.74. The first-order valence-electron chi connectivity index (χ1n) is 8.86. The van der Waals surface area contributed by atoms with Crippen molar-refractivity contribution in [3.05, 3.63) is 74.8 Å². The molecule has 1 aliphatic heterocycles. The highest BCUT2D eigenvalue weighted by Crippen LogP contribution is 2.19. The number of aryl methyl sites for hydroxylation is 1. The molecule has 6 nitrogen and oxygen atoms in total. The Labute approximate surface area is 153 Å². The normalized spacial score (nSPS) is 14.3. The van der Waals surface area contributed by atoms with Gasteiger partial charge >= 0.3 is 0 Å². The summed E-state index contributed by atoms with van der Waals surface area (Å²) in [6, 6.07) is 12.7. The predicted octanol–water partition coefficient (Wildman–Crippen LogP) is 3.43. The Kier molecular flexibility index (Phi) is 5.63. The molecule has 1 saturated heterocycles. The molecule has 6 heteroatoms. The lowest BCUT2D eigenvalue weighted by molar-refractivity contribution is -0.385. The van der Waals surface area contributed by atoms with Crippen LogP contribution in [0, 0.1) is 17.0 Å². The van der Waals surface area contributed by atoms with Gasteiger partial charge in [-0.25, -0.2) is 0 Å². The fourth-order valence-electron chi connectivity index (χ4n) is 3.25. The Morgan fingerprint density at radius 3 is 2.38 bits per heavy atom. The van der Waals surface area contributed by atoms with Crippen molar-refractivity contribution in [3.8, 4) is 0 Å². The highest BCUT2D eigenvalue weighted by molar-refractivity contribution is 5.94. The molecule has 0 atom stereocenters. The Morgan fingerprint density at radius 2 is 1.77 bits per heavy atom. The summed E-state index contributed by atoms with van der Waals surface area (Å²) in [6.07, 6.45) is 2.57. The monoisotopic (exact) mass is 353 g/mol. The molecule has 1 fully saturated rings. The van der Waals surface area contributed by atoms with Gasteiger partial charge in [-0.15, -0.1) is 0 Å². The van der Waals surface area contributed by atoms with Crippen molar-refractivity contribution in [2.45, 2.75) is 32.9 Å². The molecule has 0 spiro atoms. The van der Waals surface area contributed by atoms with Gasteiger partial charge in [-0.3, -0.25) is 19.8 Å². The van der Waals surface area contributed by atoms with Gasteiger partial charge in [-0.2, -0.15) is 0 Å². The lowest BCUT2D eigenvalue weighted by Crippen LogP contribution is -2.23. The van der Waals surface area contributed by atoms with Crippen LogP contribution in [-0.2, 0) is 13.1 Å². The summed E-state index contributed by atoms with van der Waals surface area (Å²) in [7, 11) is 0. The Bertz CT molecular complexity index is 796. The fourth-order valence-corrected chi connectivity index (χ4v) is 3.25. The van der Waals surface area contributed by atoms with Crippen LogP contribution < -0.4 is 5.32 Å². The summed E-state index contributed by atoms with van der Waals surface area (Å²) in [5, 5.41) is 13.7. The predicted molar refractivity (Wildman–Crippen MR) is 100.0 cm³/mol. The SMILES string of the molecule is Cc1cc(C(=O)NCc2ccc(CN3CCCC3)cc2)ccc1[N+](=O)[O-]. The molecule has 0 radical (unpaired) electrons. The summed E-state index contributed by atoms with van der Waals surface area (Å²) in [4.78, 5) is 25.1. The number of nitro groups is 1. The zero-order valence-electron chi connectivity index (χ0n) is 14.9. The molecule has 1 N–H and O–H groups in total. The van der Waals surface area contributed by atoms with Crippen molar-refractivity contribution >= 4 is 11.6 Å². The first-order chi connectivity index (χ1) is 12.5. The number of amides is 1. The Morgan fingerprint density at radius 1 is 1.12 bits per heavy atom. The Balaban J connectivity index is 1.55. The van der Waals surface area contributed by atoms with Crippen LogP contribution in [0.15, 0.2) is 42.5 Å². The summed E-state index contributed by atoms with van der Waals surface area (Å²) in [5.74, 6) is -0.232. The van der Waals surface area contributed by atoms with Gasteiger partial charge in [0.15, 0.2) is 0 Å². The van der Waals surface area contributed by atoms with E-state index in [1.165, 1.54) is 43.6 Å². The average Bonchev–Trinajstić information content (AvgIpc) is 3.13. The van der Waals surface area contributed by atoms with Crippen LogP contribution in [0.3, 0.4) is 0 Å². The van der Waals surface area contributed by atoms with Crippen LogP contribution >= 0.6 is 0 Å². The quantitative estimate of drug-likeness (QED) is 0.638. The number of benzene rings is 2. The number of rotatable bonds is 6. The molecule has 3 rings (SSSR count). The van der Waals surface area contributed by atoms with Gasteiger partial charge in [0.05, 0.1) is 4.92 Å². The maximum absolute atomic E-state index is 12.3. The molecule has 0 saturated carbocycles. The number of nitro benzene ring substituents is 1. The van der Waals surface area contributed by atoms with Crippen molar-refractivity contribution in [2.24, 2.45) is 0 Å². The van der Waals surface area contributed by atoms with E-state index in [1.807, 2.05) is 12.1 Å². The molecule has 0 aliphatic carbocycles. The summed E-state index contributed by atoms with van der Waals surface area (Å²) < 4.78 is 0. The van der Waals surface area contributed by atoms with Crippen LogP contribution in [-0.4, -0.2) is 28.8 Å². The number of nitrogens with zero attached hydrogens (tertiary/aromatic N) is 2. The zero-order chi connectivity index (χ0) is 18.5. The van der Waals surface area contributed by atoms with Gasteiger partial charge < -0.3 is 5.32 Å². The van der Waals surface area contributed by atoms with Gasteiger partial charge in [0.2, 0.25) is 0 Å². The molecular weight excluding hydrogens is 330 g/mol. The first-order valence-corrected chi connectivity index (χ1v) is 8.86. The number of carbonyl (C=O) groups excluding carboxylic acids is 1. The van der Waals surface area contributed by atoms with E-state index in [0.29, 0.717) is 17.7 Å². The molecule has 2 aromatic rings. The molecular formula is C20H23N3O3. The van der Waals surface area contributed by atoms with Crippen molar-refractivity contribution in [3.63, 3.8) is 0 Å². The zero-order valence-corrected chi connectivity index (χ0v) is 14.9. The lowest BCUT2D eigenvalue weighted by atomic mass is 10.1. The van der Waals surface area contributed by atoms with Gasteiger partial charge in [0, 0.05) is 30.3 Å². The number of carbonyl (C=O) groups is 1. The third-order valence-corrected chi connectivity index (χ3v) is 4.74. The van der Waals surface area contributed by atoms with Crippen molar-refractivity contribution < 1.29 is 9.72 Å². The average molecular weight is 353 g/mol. The minimum absolute atomic E-state index is 0.0233. The number of hydrogen-bond donors (Lipinski definition) is 1. The minimum atomic E-state index is -0.444. The van der Waals surface area contributed by atoms with Crippen LogP contribution in [0.2, 0.25) is 0 Å². The third kappa shape index (κ3) is 4.46. The number of nitrogens with one attached hydrogen (secondary N) is 1. The van der Waals surface area contributed by atoms with Gasteiger partial charge in [-0.05, 0) is 56.1 Å². The first kappa shape index (κ1) is 18.1. The summed E-state index contributed by atoms with van der Waals surface area (Å²) in [6.45, 7) is 5.39. The molecule has 1 amide bonds. The van der Waals surface area contributed by atoms with Gasteiger partial charge in [0.25, 0.3) is 11.6 Å². The molecule has 1 heterocycles. The molecule has 26 heavy (non-hydrogen) atoms. The minimum Gasteiger partial charge on any atom is -0.348 e. The highest BCUT2D eigenvalue weighted by Gasteiger charge is 2.14. The molecule has 2 aromatic carbocycles. The van der Waals surface area contributed by atoms with Crippen molar-refractivity contribution in [2.75, 3.05) is 13.1 Å². The third-order valence-electron chi connectivity index (χ3n) is 4.74. The molecule has 1 aliphatic rings. The van der Waals surface area contributed by atoms with Crippen LogP contribution in [0.25, 0.3) is 0 Å². The van der Waals surface area contributed by atoms with E-state index in [2.05, 4.69) is 22.3 Å². The second kappa shape index (κ2) is 8.10. The fraction of sp³-hybridized carbons (Fsp3) is 0.350. The molecule has 0 aromatic heterocycles. The van der Waals surface area contributed by atoms with Crippen LogP contribution in [0.1, 0.15) is 39.9 Å². The molecule has 136 valence electrons. The van der Waals surface area contributed by atoms with E-state index >= 15 is 0 Å². The smallest absolute Gasteiger partial charge is 0.272 e. The number of likely N-dealkylation sites (tertiary alicyclic amines) is 1. The molecule has 0 unspecified atom stereocenters. The van der Waals surface area contributed by atoms with Crippen LogP contribution in [0.5, 0.6) is 0 Å². The molecule has 0 bridgehead atoms. The van der Waals surface area contributed by atoms with E-state index in [4.69, 9.17) is 0 Å². The van der Waals surface area contributed by atoms with E-state index < -0.39 is 4.92 Å². The van der Waals surface area contributed by atoms with Crippen molar-refractivity contribution in [1.82, 2.24) is 10.2 Å². The van der Waals surface area contributed by atoms with E-state index in [9.17, 15) is 14.9 Å². The van der Waals surface area contributed by atoms with Crippen molar-refractivity contribution in [1.29, 1.82) is 0 Å². The van der Waals surface area contributed by atoms with Crippen LogP contribution in [0.4, 0.5) is 5.69 Å². The lowest BCUT2D eigenvalue weighted by Gasteiger charge is -2.14. The van der Waals surface area contributed by atoms with E-state index in [1.54, 1.807) is 13.0 Å². The summed E-state index contributed by atoms with van der Waals surface area (Å²) >= 11 is 0. The van der Waals surface area contributed by atoms with Gasteiger partial charge in [0.1, 0.15) is 0 Å². The number of hydrogen-bond acceptors (Lipinski definition) is 4. The largest absolute Gasteiger partial charge is 0.348 e. The van der Waals surface area contributed by atoms with Gasteiger partial charge in [-0.1, -0.05) is 24.3 Å². The topological polar surface area (TPSA) is 75.5 Å². The Hall–Kier alpha value is -2.73. The standard InChI is InChI=1S/C20H23N3O3/c1-15-12-18(8-9-19(15)23(25)26)20(24)21-13-16-4-6-17(7-5-16)14-22-10-2-3-11-22/h4-9,12H,2-3,10-11,13-14H2,1H3,(H,21,24). The maximum Gasteiger partial charge on any atom is 0.272 e. The maximum atomic E-state index is 12.3. The highest BCUT2D eigenvalue weighted by atomic mass is 16.6.